The van der Waals surface area contributed by atoms with Crippen molar-refractivity contribution >= 4 is 0 Å². The van der Waals surface area contributed by atoms with E-state index in [0.717, 1.165) is 32.7 Å². The molecule has 1 heterocycles. The second-order valence-electron chi connectivity index (χ2n) is 8.15. The first-order chi connectivity index (χ1) is 9.95. The molecule has 21 heavy (non-hydrogen) atoms. The first kappa shape index (κ1) is 15.7. The van der Waals surface area contributed by atoms with E-state index in [1.165, 1.54) is 25.7 Å². The molecule has 1 aliphatic heterocycles. The summed E-state index contributed by atoms with van der Waals surface area (Å²) in [5, 5.41) is 3.69. The van der Waals surface area contributed by atoms with E-state index in [2.05, 4.69) is 19.2 Å². The fourth-order valence-corrected chi connectivity index (χ4v) is 4.57. The molecule has 3 fully saturated rings. The van der Waals surface area contributed by atoms with Gasteiger partial charge in [-0.3, -0.25) is 0 Å². The molecule has 1 saturated heterocycles. The summed E-state index contributed by atoms with van der Waals surface area (Å²) in [6.45, 7) is 8.34. The van der Waals surface area contributed by atoms with Crippen molar-refractivity contribution in [3.05, 3.63) is 0 Å². The standard InChI is InChI=1S/C17H32N2O2/c1-15(2)14-13(5-4-9-21-14)17(15,18)12-19-11-16(6-7-16)8-10-20-3/h13-14,19H,4-12,18H2,1-3H3. The Kier molecular flexibility index (Phi) is 4.11. The van der Waals surface area contributed by atoms with Gasteiger partial charge in [0.1, 0.15) is 0 Å². The third-order valence-corrected chi connectivity index (χ3v) is 6.61. The van der Waals surface area contributed by atoms with E-state index < -0.39 is 0 Å². The fraction of sp³-hybridized carbons (Fsp3) is 1.00. The Morgan fingerprint density at radius 2 is 2.05 bits per heavy atom. The second-order valence-corrected chi connectivity index (χ2v) is 8.15. The quantitative estimate of drug-likeness (QED) is 0.754. The number of rotatable bonds is 7. The maximum atomic E-state index is 6.82. The summed E-state index contributed by atoms with van der Waals surface area (Å²) in [5.41, 5.74) is 7.27. The minimum Gasteiger partial charge on any atom is -0.385 e. The first-order valence-corrected chi connectivity index (χ1v) is 8.55. The molecule has 3 unspecified atom stereocenters. The van der Waals surface area contributed by atoms with Crippen molar-refractivity contribution in [1.82, 2.24) is 5.32 Å². The van der Waals surface area contributed by atoms with Gasteiger partial charge in [0, 0.05) is 50.3 Å². The second kappa shape index (κ2) is 5.48. The molecular formula is C17H32N2O2. The van der Waals surface area contributed by atoms with Crippen molar-refractivity contribution in [2.75, 3.05) is 33.4 Å². The fourth-order valence-electron chi connectivity index (χ4n) is 4.57. The van der Waals surface area contributed by atoms with E-state index in [1.807, 2.05) is 0 Å². The first-order valence-electron chi connectivity index (χ1n) is 8.55. The molecule has 4 nitrogen and oxygen atoms in total. The van der Waals surface area contributed by atoms with Crippen LogP contribution < -0.4 is 11.1 Å². The Balaban J connectivity index is 1.52. The van der Waals surface area contributed by atoms with Crippen LogP contribution in [0.5, 0.6) is 0 Å². The molecule has 122 valence electrons. The Morgan fingerprint density at radius 1 is 1.29 bits per heavy atom. The molecule has 0 aromatic rings. The van der Waals surface area contributed by atoms with Crippen LogP contribution in [0.2, 0.25) is 0 Å². The summed E-state index contributed by atoms with van der Waals surface area (Å²) in [4.78, 5) is 0. The van der Waals surface area contributed by atoms with Crippen LogP contribution in [-0.4, -0.2) is 45.1 Å². The van der Waals surface area contributed by atoms with Gasteiger partial charge in [-0.1, -0.05) is 13.8 Å². The van der Waals surface area contributed by atoms with Crippen LogP contribution in [0, 0.1) is 16.7 Å². The lowest BCUT2D eigenvalue weighted by atomic mass is 9.46. The minimum atomic E-state index is -0.116. The van der Waals surface area contributed by atoms with Gasteiger partial charge in [0.15, 0.2) is 0 Å². The average Bonchev–Trinajstić information content (AvgIpc) is 3.25. The van der Waals surface area contributed by atoms with Gasteiger partial charge < -0.3 is 20.5 Å². The van der Waals surface area contributed by atoms with Crippen LogP contribution in [0.4, 0.5) is 0 Å². The molecule has 3 rings (SSSR count). The van der Waals surface area contributed by atoms with Gasteiger partial charge in [0.2, 0.25) is 0 Å². The molecule has 0 aromatic carbocycles. The zero-order valence-corrected chi connectivity index (χ0v) is 13.9. The molecule has 3 aliphatic rings. The van der Waals surface area contributed by atoms with Gasteiger partial charge >= 0.3 is 0 Å². The smallest absolute Gasteiger partial charge is 0.0690 e. The Bertz CT molecular complexity index is 381. The number of fused-ring (bicyclic) bond motifs is 1. The Hall–Kier alpha value is -0.160. The van der Waals surface area contributed by atoms with Crippen molar-refractivity contribution in [1.29, 1.82) is 0 Å². The Morgan fingerprint density at radius 3 is 2.71 bits per heavy atom. The molecule has 0 radical (unpaired) electrons. The summed E-state index contributed by atoms with van der Waals surface area (Å²) in [5.74, 6) is 0.530. The van der Waals surface area contributed by atoms with Crippen molar-refractivity contribution in [2.24, 2.45) is 22.5 Å². The SMILES string of the molecule is COCCC1(CNCC2(N)C3CCCOC3C2(C)C)CC1. The van der Waals surface area contributed by atoms with Crippen LogP contribution in [0.1, 0.15) is 46.0 Å². The largest absolute Gasteiger partial charge is 0.385 e. The number of hydrogen-bond acceptors (Lipinski definition) is 4. The van der Waals surface area contributed by atoms with E-state index >= 15 is 0 Å². The van der Waals surface area contributed by atoms with E-state index in [1.54, 1.807) is 7.11 Å². The predicted molar refractivity (Wildman–Crippen MR) is 84.2 cm³/mol. The van der Waals surface area contributed by atoms with Crippen molar-refractivity contribution in [3.63, 3.8) is 0 Å². The monoisotopic (exact) mass is 296 g/mol. The zero-order valence-electron chi connectivity index (χ0n) is 13.9. The van der Waals surface area contributed by atoms with Gasteiger partial charge in [-0.2, -0.15) is 0 Å². The van der Waals surface area contributed by atoms with Crippen LogP contribution in [-0.2, 0) is 9.47 Å². The van der Waals surface area contributed by atoms with Gasteiger partial charge in [-0.05, 0) is 37.5 Å². The number of hydrogen-bond donors (Lipinski definition) is 2. The average molecular weight is 296 g/mol. The van der Waals surface area contributed by atoms with Gasteiger partial charge in [0.05, 0.1) is 6.10 Å². The highest BCUT2D eigenvalue weighted by molar-refractivity contribution is 5.20. The lowest BCUT2D eigenvalue weighted by Crippen LogP contribution is -2.80. The maximum absolute atomic E-state index is 6.82. The van der Waals surface area contributed by atoms with Gasteiger partial charge in [0.25, 0.3) is 0 Å². The number of methoxy groups -OCH3 is 1. The third-order valence-electron chi connectivity index (χ3n) is 6.61. The minimum absolute atomic E-state index is 0.0777. The molecule has 3 atom stereocenters. The van der Waals surface area contributed by atoms with E-state index in [9.17, 15) is 0 Å². The van der Waals surface area contributed by atoms with Crippen molar-refractivity contribution in [2.45, 2.75) is 57.6 Å². The van der Waals surface area contributed by atoms with Crippen LogP contribution in [0.25, 0.3) is 0 Å². The summed E-state index contributed by atoms with van der Waals surface area (Å²) < 4.78 is 11.2. The van der Waals surface area contributed by atoms with Crippen molar-refractivity contribution < 1.29 is 9.47 Å². The molecule has 0 spiro atoms. The predicted octanol–water partition coefficient (Wildman–Crippen LogP) is 1.93. The van der Waals surface area contributed by atoms with E-state index in [0.29, 0.717) is 17.4 Å². The molecular weight excluding hydrogens is 264 g/mol. The topological polar surface area (TPSA) is 56.5 Å². The maximum Gasteiger partial charge on any atom is 0.0690 e. The van der Waals surface area contributed by atoms with Crippen LogP contribution >= 0.6 is 0 Å². The zero-order chi connectivity index (χ0) is 15.1. The number of nitrogens with two attached hydrogens (primary N) is 1. The van der Waals surface area contributed by atoms with Gasteiger partial charge in [-0.15, -0.1) is 0 Å². The number of nitrogens with one attached hydrogen (secondary N) is 1. The van der Waals surface area contributed by atoms with Crippen molar-refractivity contribution in [3.8, 4) is 0 Å². The summed E-state index contributed by atoms with van der Waals surface area (Å²) in [7, 11) is 1.79. The van der Waals surface area contributed by atoms with Crippen LogP contribution in [0.15, 0.2) is 0 Å². The molecule has 4 heteroatoms. The molecule has 2 saturated carbocycles. The highest BCUT2D eigenvalue weighted by Crippen LogP contribution is 2.57. The molecule has 0 bridgehead atoms. The molecule has 2 aliphatic carbocycles. The van der Waals surface area contributed by atoms with E-state index in [4.69, 9.17) is 15.2 Å². The lowest BCUT2D eigenvalue weighted by Gasteiger charge is -2.66. The highest BCUT2D eigenvalue weighted by atomic mass is 16.5. The van der Waals surface area contributed by atoms with Crippen LogP contribution in [0.3, 0.4) is 0 Å². The molecule has 3 N–H and O–H groups in total. The molecule has 0 aromatic heterocycles. The van der Waals surface area contributed by atoms with Gasteiger partial charge in [-0.25, -0.2) is 0 Å². The highest BCUT2D eigenvalue weighted by Gasteiger charge is 2.66. The third kappa shape index (κ3) is 2.54. The normalized spacial score (nSPS) is 39.4. The molecule has 0 amide bonds. The summed E-state index contributed by atoms with van der Waals surface area (Å²) >= 11 is 0. The summed E-state index contributed by atoms with van der Waals surface area (Å²) in [6.07, 6.45) is 6.59. The summed E-state index contributed by atoms with van der Waals surface area (Å²) in [6, 6.07) is 0. The van der Waals surface area contributed by atoms with E-state index in [-0.39, 0.29) is 11.0 Å². The lowest BCUT2D eigenvalue weighted by molar-refractivity contribution is -0.225. The Labute approximate surface area is 129 Å². The number of ether oxygens (including phenoxy) is 2.